The van der Waals surface area contributed by atoms with Gasteiger partial charge in [-0.15, -0.1) is 0 Å². The molecule has 90 valence electrons. The summed E-state index contributed by atoms with van der Waals surface area (Å²) in [5.74, 6) is 0. The Kier molecular flexibility index (Phi) is 7.61. The van der Waals surface area contributed by atoms with E-state index in [0.29, 0.717) is 0 Å². The van der Waals surface area contributed by atoms with Crippen LogP contribution in [0.4, 0.5) is 0 Å². The Morgan fingerprint density at radius 3 is 2.47 bits per heavy atom. The quantitative estimate of drug-likeness (QED) is 0.551. The van der Waals surface area contributed by atoms with Crippen molar-refractivity contribution in [2.45, 2.75) is 33.6 Å². The average molecular weight is 215 g/mol. The Morgan fingerprint density at radius 2 is 2.07 bits per heavy atom. The molecule has 0 radical (unpaired) electrons. The Hall–Kier alpha value is -0.410. The Balaban J connectivity index is 4.15. The number of hydrogen-bond acceptors (Lipinski definition) is 3. The van der Waals surface area contributed by atoms with E-state index in [9.17, 15) is 4.79 Å². The molecule has 0 saturated heterocycles. The molecule has 0 aromatic carbocycles. The van der Waals surface area contributed by atoms with E-state index in [1.54, 1.807) is 7.11 Å². The molecule has 3 nitrogen and oxygen atoms in total. The number of nitrogens with zero attached hydrogens (tertiary/aromatic N) is 1. The van der Waals surface area contributed by atoms with Crippen molar-refractivity contribution in [1.82, 2.24) is 4.90 Å². The first-order chi connectivity index (χ1) is 7.11. The van der Waals surface area contributed by atoms with Gasteiger partial charge < -0.3 is 14.4 Å². The number of rotatable bonds is 9. The summed E-state index contributed by atoms with van der Waals surface area (Å²) in [7, 11) is 1.71. The molecule has 0 spiro atoms. The predicted molar refractivity (Wildman–Crippen MR) is 63.1 cm³/mol. The summed E-state index contributed by atoms with van der Waals surface area (Å²) in [5.41, 5.74) is -0.196. The van der Waals surface area contributed by atoms with Gasteiger partial charge in [-0.05, 0) is 13.0 Å². The standard InChI is InChI=1S/C12H25NO2/c1-5-7-12(3,11-14)10-13(6-2)8-9-15-4/h11H,5-10H2,1-4H3. The van der Waals surface area contributed by atoms with Gasteiger partial charge >= 0.3 is 0 Å². The second kappa shape index (κ2) is 7.83. The fourth-order valence-electron chi connectivity index (χ4n) is 1.83. The number of likely N-dealkylation sites (N-methyl/N-ethyl adjacent to an activating group) is 1. The van der Waals surface area contributed by atoms with E-state index < -0.39 is 0 Å². The van der Waals surface area contributed by atoms with Crippen molar-refractivity contribution in [2.24, 2.45) is 5.41 Å². The molecule has 0 bridgehead atoms. The van der Waals surface area contributed by atoms with Gasteiger partial charge in [0.2, 0.25) is 0 Å². The lowest BCUT2D eigenvalue weighted by Crippen LogP contribution is -2.38. The van der Waals surface area contributed by atoms with Gasteiger partial charge in [-0.25, -0.2) is 0 Å². The molecule has 0 N–H and O–H groups in total. The van der Waals surface area contributed by atoms with Crippen LogP contribution in [0.3, 0.4) is 0 Å². The lowest BCUT2D eigenvalue weighted by molar-refractivity contribution is -0.116. The number of ether oxygens (including phenoxy) is 1. The molecule has 0 fully saturated rings. The van der Waals surface area contributed by atoms with Crippen LogP contribution in [-0.4, -0.2) is 44.5 Å². The molecule has 15 heavy (non-hydrogen) atoms. The first-order valence-electron chi connectivity index (χ1n) is 5.79. The second-order valence-electron chi connectivity index (χ2n) is 4.38. The van der Waals surface area contributed by atoms with Crippen molar-refractivity contribution in [3.63, 3.8) is 0 Å². The monoisotopic (exact) mass is 215 g/mol. The first kappa shape index (κ1) is 14.6. The number of carbonyl (C=O) groups is 1. The number of methoxy groups -OCH3 is 1. The van der Waals surface area contributed by atoms with Crippen LogP contribution in [-0.2, 0) is 9.53 Å². The summed E-state index contributed by atoms with van der Waals surface area (Å²) >= 11 is 0. The number of carbonyl (C=O) groups excluding carboxylic acids is 1. The fourth-order valence-corrected chi connectivity index (χ4v) is 1.83. The average Bonchev–Trinajstić information content (AvgIpc) is 2.24. The zero-order valence-corrected chi connectivity index (χ0v) is 10.6. The lowest BCUT2D eigenvalue weighted by atomic mass is 9.87. The van der Waals surface area contributed by atoms with Gasteiger partial charge in [0.1, 0.15) is 6.29 Å². The SMILES string of the molecule is CCCC(C)(C=O)CN(CC)CCOC. The van der Waals surface area contributed by atoms with Crippen LogP contribution < -0.4 is 0 Å². The highest BCUT2D eigenvalue weighted by molar-refractivity contribution is 5.58. The highest BCUT2D eigenvalue weighted by Crippen LogP contribution is 2.21. The zero-order valence-electron chi connectivity index (χ0n) is 10.6. The van der Waals surface area contributed by atoms with Crippen LogP contribution in [0, 0.1) is 5.41 Å². The first-order valence-corrected chi connectivity index (χ1v) is 5.79. The Bertz CT molecular complexity index is 173. The van der Waals surface area contributed by atoms with Crippen molar-refractivity contribution in [3.8, 4) is 0 Å². The van der Waals surface area contributed by atoms with Crippen LogP contribution in [0.15, 0.2) is 0 Å². The molecule has 0 aromatic rings. The minimum Gasteiger partial charge on any atom is -0.383 e. The third kappa shape index (κ3) is 5.90. The summed E-state index contributed by atoms with van der Waals surface area (Å²) in [6, 6.07) is 0. The van der Waals surface area contributed by atoms with E-state index in [1.807, 2.05) is 6.92 Å². The van der Waals surface area contributed by atoms with Gasteiger partial charge in [0.05, 0.1) is 6.61 Å². The molecule has 1 unspecified atom stereocenters. The maximum Gasteiger partial charge on any atom is 0.127 e. The third-order valence-corrected chi connectivity index (χ3v) is 2.75. The Morgan fingerprint density at radius 1 is 1.40 bits per heavy atom. The highest BCUT2D eigenvalue weighted by Gasteiger charge is 2.24. The van der Waals surface area contributed by atoms with Gasteiger partial charge in [0.15, 0.2) is 0 Å². The van der Waals surface area contributed by atoms with Crippen LogP contribution in [0.2, 0.25) is 0 Å². The van der Waals surface area contributed by atoms with Crippen molar-refractivity contribution >= 4 is 6.29 Å². The summed E-state index contributed by atoms with van der Waals surface area (Å²) in [4.78, 5) is 13.4. The van der Waals surface area contributed by atoms with E-state index in [0.717, 1.165) is 45.4 Å². The summed E-state index contributed by atoms with van der Waals surface area (Å²) in [6.45, 7) is 9.72. The Labute approximate surface area is 93.8 Å². The highest BCUT2D eigenvalue weighted by atomic mass is 16.5. The van der Waals surface area contributed by atoms with Crippen LogP contribution >= 0.6 is 0 Å². The smallest absolute Gasteiger partial charge is 0.127 e. The molecule has 1 atom stereocenters. The summed E-state index contributed by atoms with van der Waals surface area (Å²) in [5, 5.41) is 0. The van der Waals surface area contributed by atoms with Gasteiger partial charge in [0, 0.05) is 25.6 Å². The molecular formula is C12H25NO2. The van der Waals surface area contributed by atoms with Crippen LogP contribution in [0.5, 0.6) is 0 Å². The fraction of sp³-hybridized carbons (Fsp3) is 0.917. The summed E-state index contributed by atoms with van der Waals surface area (Å²) in [6.07, 6.45) is 3.11. The molecular weight excluding hydrogens is 190 g/mol. The van der Waals surface area contributed by atoms with Gasteiger partial charge in [0.25, 0.3) is 0 Å². The van der Waals surface area contributed by atoms with Crippen molar-refractivity contribution in [1.29, 1.82) is 0 Å². The maximum atomic E-state index is 11.1. The summed E-state index contributed by atoms with van der Waals surface area (Å²) < 4.78 is 5.05. The van der Waals surface area contributed by atoms with E-state index in [1.165, 1.54) is 0 Å². The van der Waals surface area contributed by atoms with E-state index in [2.05, 4.69) is 18.7 Å². The normalized spacial score (nSPS) is 15.3. The second-order valence-corrected chi connectivity index (χ2v) is 4.38. The van der Waals surface area contributed by atoms with E-state index in [-0.39, 0.29) is 5.41 Å². The minimum atomic E-state index is -0.196. The lowest BCUT2D eigenvalue weighted by Gasteiger charge is -2.30. The third-order valence-electron chi connectivity index (χ3n) is 2.75. The van der Waals surface area contributed by atoms with Crippen molar-refractivity contribution < 1.29 is 9.53 Å². The molecule has 3 heteroatoms. The van der Waals surface area contributed by atoms with Crippen LogP contribution in [0.25, 0.3) is 0 Å². The molecule has 0 rings (SSSR count). The van der Waals surface area contributed by atoms with Gasteiger partial charge in [-0.3, -0.25) is 0 Å². The molecule has 0 aromatic heterocycles. The van der Waals surface area contributed by atoms with E-state index >= 15 is 0 Å². The predicted octanol–water partition coefficient (Wildman–Crippen LogP) is 1.96. The largest absolute Gasteiger partial charge is 0.383 e. The molecule has 0 saturated carbocycles. The minimum absolute atomic E-state index is 0.196. The van der Waals surface area contributed by atoms with E-state index in [4.69, 9.17) is 4.74 Å². The van der Waals surface area contributed by atoms with Gasteiger partial charge in [-0.2, -0.15) is 0 Å². The van der Waals surface area contributed by atoms with Crippen LogP contribution in [0.1, 0.15) is 33.6 Å². The molecule has 0 aliphatic rings. The molecule has 0 aliphatic carbocycles. The molecule has 0 aliphatic heterocycles. The molecule has 0 heterocycles. The number of aldehydes is 1. The molecule has 0 amide bonds. The maximum absolute atomic E-state index is 11.1. The zero-order chi connectivity index (χ0) is 11.7. The topological polar surface area (TPSA) is 29.5 Å². The van der Waals surface area contributed by atoms with Crippen molar-refractivity contribution in [2.75, 3.05) is 33.4 Å². The van der Waals surface area contributed by atoms with Crippen molar-refractivity contribution in [3.05, 3.63) is 0 Å². The van der Waals surface area contributed by atoms with Gasteiger partial charge in [-0.1, -0.05) is 27.2 Å². The number of hydrogen-bond donors (Lipinski definition) is 0.